The maximum atomic E-state index is 12.6. The third-order valence-corrected chi connectivity index (χ3v) is 4.69. The second-order valence-corrected chi connectivity index (χ2v) is 6.75. The first-order valence-electron chi connectivity index (χ1n) is 8.20. The molecule has 2 rings (SSSR count). The normalized spacial score (nSPS) is 18.8. The van der Waals surface area contributed by atoms with E-state index in [0.717, 1.165) is 17.3 Å². The average Bonchev–Trinajstić information content (AvgIpc) is 2.61. The lowest BCUT2D eigenvalue weighted by Gasteiger charge is -2.33. The molecule has 1 heterocycles. The number of piperidine rings is 1. The van der Waals surface area contributed by atoms with Crippen molar-refractivity contribution in [2.75, 3.05) is 26.2 Å². The minimum atomic E-state index is -0.602. The smallest absolute Gasteiger partial charge is 0.263 e. The topological polar surface area (TPSA) is 84.7 Å². The Morgan fingerprint density at radius 3 is 2.92 bits per heavy atom. The summed E-state index contributed by atoms with van der Waals surface area (Å²) in [5.41, 5.74) is 5.41. The molecule has 1 saturated heterocycles. The molecule has 1 aliphatic rings. The van der Waals surface area contributed by atoms with E-state index in [4.69, 9.17) is 10.5 Å². The summed E-state index contributed by atoms with van der Waals surface area (Å²) in [5.74, 6) is 0.330. The number of nitrogens with two attached hydrogens (primary N) is 1. The van der Waals surface area contributed by atoms with Gasteiger partial charge in [0.1, 0.15) is 5.75 Å². The van der Waals surface area contributed by atoms with Crippen molar-refractivity contribution in [3.8, 4) is 5.75 Å². The van der Waals surface area contributed by atoms with Gasteiger partial charge < -0.3 is 20.7 Å². The summed E-state index contributed by atoms with van der Waals surface area (Å²) in [6.45, 7) is 3.70. The highest BCUT2D eigenvalue weighted by molar-refractivity contribution is 9.10. The minimum Gasteiger partial charge on any atom is -0.480 e. The third-order valence-electron chi connectivity index (χ3n) is 4.04. The molecule has 1 aromatic rings. The average molecular weight is 398 g/mol. The molecule has 7 heteroatoms. The molecule has 0 spiro atoms. The van der Waals surface area contributed by atoms with Gasteiger partial charge in [0.15, 0.2) is 6.10 Å². The predicted molar refractivity (Wildman–Crippen MR) is 95.6 cm³/mol. The number of nitrogens with zero attached hydrogens (tertiary/aromatic N) is 1. The van der Waals surface area contributed by atoms with Crippen LogP contribution in [-0.4, -0.2) is 49.0 Å². The van der Waals surface area contributed by atoms with E-state index in [1.54, 1.807) is 11.8 Å². The maximum Gasteiger partial charge on any atom is 0.263 e. The van der Waals surface area contributed by atoms with Crippen molar-refractivity contribution in [2.24, 2.45) is 11.7 Å². The van der Waals surface area contributed by atoms with Crippen LogP contribution in [0.1, 0.15) is 19.8 Å². The van der Waals surface area contributed by atoms with Gasteiger partial charge >= 0.3 is 0 Å². The second-order valence-electron chi connectivity index (χ2n) is 5.89. The lowest BCUT2D eigenvalue weighted by atomic mass is 9.96. The lowest BCUT2D eigenvalue weighted by Crippen LogP contribution is -2.49. The van der Waals surface area contributed by atoms with Crippen molar-refractivity contribution in [2.45, 2.75) is 25.9 Å². The fraction of sp³-hybridized carbons (Fsp3) is 0.529. The van der Waals surface area contributed by atoms with E-state index in [-0.39, 0.29) is 17.7 Å². The third kappa shape index (κ3) is 4.95. The number of amides is 2. The monoisotopic (exact) mass is 397 g/mol. The molecule has 2 atom stereocenters. The zero-order chi connectivity index (χ0) is 17.5. The number of halogens is 1. The summed E-state index contributed by atoms with van der Waals surface area (Å²) < 4.78 is 6.57. The fourth-order valence-corrected chi connectivity index (χ4v) is 3.15. The second kappa shape index (κ2) is 9.03. The summed E-state index contributed by atoms with van der Waals surface area (Å²) in [4.78, 5) is 26.4. The Labute approximate surface area is 150 Å². The maximum absolute atomic E-state index is 12.6. The van der Waals surface area contributed by atoms with E-state index in [0.29, 0.717) is 31.9 Å². The highest BCUT2D eigenvalue weighted by atomic mass is 79.9. The van der Waals surface area contributed by atoms with Crippen molar-refractivity contribution in [3.63, 3.8) is 0 Å². The van der Waals surface area contributed by atoms with Gasteiger partial charge in [-0.05, 0) is 47.8 Å². The van der Waals surface area contributed by atoms with Gasteiger partial charge in [0.2, 0.25) is 5.91 Å². The van der Waals surface area contributed by atoms with Crippen LogP contribution >= 0.6 is 15.9 Å². The molecule has 0 radical (unpaired) electrons. The number of carbonyl (C=O) groups is 2. The summed E-state index contributed by atoms with van der Waals surface area (Å²) in [7, 11) is 0. The Hall–Kier alpha value is -1.60. The van der Waals surface area contributed by atoms with Crippen LogP contribution in [0.3, 0.4) is 0 Å². The molecule has 132 valence electrons. The zero-order valence-electron chi connectivity index (χ0n) is 13.8. The number of rotatable bonds is 6. The Kier molecular flexibility index (Phi) is 7.05. The van der Waals surface area contributed by atoms with Gasteiger partial charge in [-0.3, -0.25) is 9.59 Å². The molecule has 0 aliphatic carbocycles. The van der Waals surface area contributed by atoms with Crippen molar-refractivity contribution in [3.05, 3.63) is 28.7 Å². The van der Waals surface area contributed by atoms with E-state index in [1.807, 2.05) is 24.3 Å². The molecule has 24 heavy (non-hydrogen) atoms. The molecule has 1 aromatic carbocycles. The van der Waals surface area contributed by atoms with Crippen LogP contribution in [-0.2, 0) is 9.59 Å². The van der Waals surface area contributed by atoms with Crippen molar-refractivity contribution >= 4 is 27.7 Å². The van der Waals surface area contributed by atoms with Gasteiger partial charge in [0.05, 0.1) is 10.4 Å². The Morgan fingerprint density at radius 1 is 1.46 bits per heavy atom. The quantitative estimate of drug-likeness (QED) is 0.761. The van der Waals surface area contributed by atoms with Gasteiger partial charge in [-0.25, -0.2) is 0 Å². The van der Waals surface area contributed by atoms with E-state index in [2.05, 4.69) is 21.2 Å². The molecule has 6 nitrogen and oxygen atoms in total. The number of benzene rings is 1. The summed E-state index contributed by atoms with van der Waals surface area (Å²) >= 11 is 3.41. The van der Waals surface area contributed by atoms with Crippen LogP contribution in [0.5, 0.6) is 5.75 Å². The Morgan fingerprint density at radius 2 is 2.21 bits per heavy atom. The number of hydrogen-bond acceptors (Lipinski definition) is 4. The minimum absolute atomic E-state index is 0.0303. The van der Waals surface area contributed by atoms with Crippen molar-refractivity contribution in [1.82, 2.24) is 10.2 Å². The molecule has 1 fully saturated rings. The number of nitrogens with one attached hydrogen (secondary N) is 1. The molecule has 2 unspecified atom stereocenters. The molecular formula is C17H24BrN3O3. The van der Waals surface area contributed by atoms with Crippen LogP contribution in [0.2, 0.25) is 0 Å². The summed E-state index contributed by atoms with van der Waals surface area (Å²) in [6.07, 6.45) is 1.00. The number of ether oxygens (including phenoxy) is 1. The van der Waals surface area contributed by atoms with Crippen LogP contribution in [0.15, 0.2) is 28.7 Å². The highest BCUT2D eigenvalue weighted by Crippen LogP contribution is 2.25. The van der Waals surface area contributed by atoms with Gasteiger partial charge in [0, 0.05) is 26.2 Å². The molecule has 0 saturated carbocycles. The van der Waals surface area contributed by atoms with Crippen LogP contribution in [0.25, 0.3) is 0 Å². The predicted octanol–water partition coefficient (Wildman–Crippen LogP) is 1.53. The number of para-hydroxylation sites is 1. The largest absolute Gasteiger partial charge is 0.480 e. The first-order chi connectivity index (χ1) is 11.5. The Balaban J connectivity index is 1.93. The SMILES string of the molecule is CC(Oc1ccccc1Br)C(=O)N1CCCC(C(=O)NCCN)C1. The first-order valence-corrected chi connectivity index (χ1v) is 9.00. The van der Waals surface area contributed by atoms with E-state index >= 15 is 0 Å². The Bertz CT molecular complexity index is 582. The summed E-state index contributed by atoms with van der Waals surface area (Å²) in [5, 5.41) is 2.80. The highest BCUT2D eigenvalue weighted by Gasteiger charge is 2.31. The van der Waals surface area contributed by atoms with Crippen molar-refractivity contribution < 1.29 is 14.3 Å². The molecule has 0 aromatic heterocycles. The van der Waals surface area contributed by atoms with Gasteiger partial charge in [-0.1, -0.05) is 12.1 Å². The molecule has 2 amide bonds. The van der Waals surface area contributed by atoms with Gasteiger partial charge in [0.25, 0.3) is 5.91 Å². The van der Waals surface area contributed by atoms with Gasteiger partial charge in [-0.2, -0.15) is 0 Å². The van der Waals surface area contributed by atoms with Crippen LogP contribution < -0.4 is 15.8 Å². The van der Waals surface area contributed by atoms with Gasteiger partial charge in [-0.15, -0.1) is 0 Å². The molecule has 0 bridgehead atoms. The molecule has 1 aliphatic heterocycles. The van der Waals surface area contributed by atoms with Crippen molar-refractivity contribution in [1.29, 1.82) is 0 Å². The molecule has 3 N–H and O–H groups in total. The lowest BCUT2D eigenvalue weighted by molar-refractivity contribution is -0.141. The standard InChI is InChI=1S/C17H24BrN3O3/c1-12(24-15-7-3-2-6-14(15)18)17(23)21-10-4-5-13(11-21)16(22)20-9-8-19/h2-3,6-7,12-13H,4-5,8-11,19H2,1H3,(H,20,22). The van der Waals surface area contributed by atoms with Crippen LogP contribution in [0, 0.1) is 5.92 Å². The number of hydrogen-bond donors (Lipinski definition) is 2. The first kappa shape index (κ1) is 18.7. The van der Waals surface area contributed by atoms with E-state index in [1.165, 1.54) is 0 Å². The van der Waals surface area contributed by atoms with Crippen LogP contribution in [0.4, 0.5) is 0 Å². The number of likely N-dealkylation sites (tertiary alicyclic amines) is 1. The summed E-state index contributed by atoms with van der Waals surface area (Å²) in [6, 6.07) is 7.42. The van der Waals surface area contributed by atoms with E-state index < -0.39 is 6.10 Å². The fourth-order valence-electron chi connectivity index (χ4n) is 2.77. The zero-order valence-corrected chi connectivity index (χ0v) is 15.4. The van der Waals surface area contributed by atoms with E-state index in [9.17, 15) is 9.59 Å². The number of carbonyl (C=O) groups excluding carboxylic acids is 2. The molecular weight excluding hydrogens is 374 g/mol.